The Balaban J connectivity index is 2.87. The van der Waals surface area contributed by atoms with Crippen molar-refractivity contribution in [3.8, 4) is 0 Å². The van der Waals surface area contributed by atoms with Gasteiger partial charge >= 0.3 is 0 Å². The Bertz CT molecular complexity index is 541. The molecule has 19 heavy (non-hydrogen) atoms. The monoisotopic (exact) mass is 289 g/mol. The Kier molecular flexibility index (Phi) is 5.06. The minimum Gasteiger partial charge on any atom is -0.389 e. The Labute approximate surface area is 113 Å². The summed E-state index contributed by atoms with van der Waals surface area (Å²) < 4.78 is 39.5. The number of benzene rings is 1. The van der Waals surface area contributed by atoms with Crippen molar-refractivity contribution < 1.29 is 17.9 Å². The van der Waals surface area contributed by atoms with E-state index in [4.69, 9.17) is 0 Å². The molecule has 1 atom stereocenters. The summed E-state index contributed by atoms with van der Waals surface area (Å²) in [5.41, 5.74) is -0.752. The summed E-state index contributed by atoms with van der Waals surface area (Å²) in [5.74, 6) is -0.477. The van der Waals surface area contributed by atoms with Gasteiger partial charge in [-0.05, 0) is 44.0 Å². The van der Waals surface area contributed by atoms with Gasteiger partial charge in [0.15, 0.2) is 0 Å². The Morgan fingerprint density at radius 2 is 2.05 bits per heavy atom. The predicted molar refractivity (Wildman–Crippen MR) is 71.9 cm³/mol. The normalized spacial score (nSPS) is 15.2. The lowest BCUT2D eigenvalue weighted by Gasteiger charge is -2.23. The van der Waals surface area contributed by atoms with Gasteiger partial charge < -0.3 is 5.11 Å². The van der Waals surface area contributed by atoms with Crippen molar-refractivity contribution >= 4 is 10.0 Å². The molecule has 0 amide bonds. The Morgan fingerprint density at radius 1 is 1.42 bits per heavy atom. The van der Waals surface area contributed by atoms with Crippen LogP contribution in [0, 0.1) is 12.7 Å². The molecule has 108 valence electrons. The molecule has 0 aliphatic rings. The second-order valence-electron chi connectivity index (χ2n) is 4.98. The van der Waals surface area contributed by atoms with Gasteiger partial charge in [-0.1, -0.05) is 13.3 Å². The zero-order chi connectivity index (χ0) is 14.7. The highest BCUT2D eigenvalue weighted by molar-refractivity contribution is 7.89. The number of hydrogen-bond donors (Lipinski definition) is 2. The van der Waals surface area contributed by atoms with Gasteiger partial charge in [-0.3, -0.25) is 0 Å². The van der Waals surface area contributed by atoms with Crippen LogP contribution in [0.4, 0.5) is 4.39 Å². The third-order valence-electron chi connectivity index (χ3n) is 2.86. The van der Waals surface area contributed by atoms with Crippen LogP contribution in [-0.4, -0.2) is 25.7 Å². The number of hydrogen-bond acceptors (Lipinski definition) is 3. The zero-order valence-electron chi connectivity index (χ0n) is 11.4. The first-order chi connectivity index (χ1) is 8.68. The number of rotatable bonds is 6. The van der Waals surface area contributed by atoms with E-state index in [9.17, 15) is 17.9 Å². The van der Waals surface area contributed by atoms with Crippen LogP contribution in [0.5, 0.6) is 0 Å². The molecule has 0 fully saturated rings. The molecule has 1 aromatic carbocycles. The average molecular weight is 289 g/mol. The van der Waals surface area contributed by atoms with E-state index in [-0.39, 0.29) is 11.4 Å². The number of nitrogens with one attached hydrogen (secondary N) is 1. The van der Waals surface area contributed by atoms with Crippen LogP contribution >= 0.6 is 0 Å². The van der Waals surface area contributed by atoms with E-state index in [0.717, 1.165) is 12.5 Å². The molecule has 2 N–H and O–H groups in total. The van der Waals surface area contributed by atoms with Crippen molar-refractivity contribution in [1.82, 2.24) is 4.72 Å². The molecular weight excluding hydrogens is 269 g/mol. The zero-order valence-corrected chi connectivity index (χ0v) is 12.2. The summed E-state index contributed by atoms with van der Waals surface area (Å²) in [4.78, 5) is 0.0289. The van der Waals surface area contributed by atoms with Crippen LogP contribution in [0.15, 0.2) is 23.1 Å². The van der Waals surface area contributed by atoms with E-state index in [0.29, 0.717) is 12.0 Å². The lowest BCUT2D eigenvalue weighted by molar-refractivity contribution is 0.0554. The number of sulfonamides is 1. The molecule has 0 aliphatic carbocycles. The van der Waals surface area contributed by atoms with Crippen molar-refractivity contribution in [2.75, 3.05) is 6.54 Å². The smallest absolute Gasteiger partial charge is 0.240 e. The fourth-order valence-corrected chi connectivity index (χ4v) is 3.26. The standard InChI is InChI=1S/C13H20FNO3S/c1-4-7-13(3,16)9-15-19(17,18)12-6-5-11(14)8-10(12)2/h5-6,8,15-16H,4,7,9H2,1-3H3. The minimum absolute atomic E-state index is 0.0289. The van der Waals surface area contributed by atoms with Crippen LogP contribution in [0.1, 0.15) is 32.3 Å². The van der Waals surface area contributed by atoms with Gasteiger partial charge in [0.1, 0.15) is 5.82 Å². The van der Waals surface area contributed by atoms with Gasteiger partial charge in [0.2, 0.25) is 10.0 Å². The van der Waals surface area contributed by atoms with E-state index in [1.165, 1.54) is 19.1 Å². The fourth-order valence-electron chi connectivity index (χ4n) is 1.87. The summed E-state index contributed by atoms with van der Waals surface area (Å²) in [6.07, 6.45) is 1.25. The molecule has 1 unspecified atom stereocenters. The van der Waals surface area contributed by atoms with E-state index in [2.05, 4.69) is 4.72 Å². The highest BCUT2D eigenvalue weighted by Crippen LogP contribution is 2.17. The van der Waals surface area contributed by atoms with Crippen molar-refractivity contribution in [3.05, 3.63) is 29.6 Å². The summed E-state index contributed by atoms with van der Waals surface area (Å²) in [6.45, 7) is 4.95. The first kappa shape index (κ1) is 16.1. The summed E-state index contributed by atoms with van der Waals surface area (Å²) in [7, 11) is -3.74. The maximum absolute atomic E-state index is 13.0. The maximum atomic E-state index is 13.0. The quantitative estimate of drug-likeness (QED) is 0.841. The first-order valence-electron chi connectivity index (χ1n) is 6.16. The van der Waals surface area contributed by atoms with E-state index in [1.54, 1.807) is 6.92 Å². The highest BCUT2D eigenvalue weighted by Gasteiger charge is 2.24. The lowest BCUT2D eigenvalue weighted by Crippen LogP contribution is -2.40. The van der Waals surface area contributed by atoms with Crippen molar-refractivity contribution in [3.63, 3.8) is 0 Å². The van der Waals surface area contributed by atoms with Crippen molar-refractivity contribution in [2.45, 2.75) is 44.1 Å². The molecule has 0 bridgehead atoms. The van der Waals surface area contributed by atoms with Crippen LogP contribution in [0.2, 0.25) is 0 Å². The van der Waals surface area contributed by atoms with Gasteiger partial charge in [-0.25, -0.2) is 17.5 Å². The molecule has 0 aromatic heterocycles. The van der Waals surface area contributed by atoms with Crippen LogP contribution in [0.3, 0.4) is 0 Å². The fraction of sp³-hybridized carbons (Fsp3) is 0.538. The van der Waals surface area contributed by atoms with Crippen LogP contribution in [-0.2, 0) is 10.0 Å². The number of aryl methyl sites for hydroxylation is 1. The summed E-state index contributed by atoms with van der Waals surface area (Å²) in [6, 6.07) is 3.49. The molecule has 6 heteroatoms. The van der Waals surface area contributed by atoms with E-state index in [1.807, 2.05) is 6.92 Å². The Hall–Kier alpha value is -0.980. The summed E-state index contributed by atoms with van der Waals surface area (Å²) >= 11 is 0. The molecular formula is C13H20FNO3S. The minimum atomic E-state index is -3.74. The largest absolute Gasteiger partial charge is 0.389 e. The molecule has 1 rings (SSSR count). The van der Waals surface area contributed by atoms with E-state index < -0.39 is 21.4 Å². The van der Waals surface area contributed by atoms with Gasteiger partial charge in [0.05, 0.1) is 10.5 Å². The van der Waals surface area contributed by atoms with Gasteiger partial charge in [0.25, 0.3) is 0 Å². The number of aliphatic hydroxyl groups is 1. The van der Waals surface area contributed by atoms with Gasteiger partial charge in [-0.15, -0.1) is 0 Å². The van der Waals surface area contributed by atoms with E-state index >= 15 is 0 Å². The predicted octanol–water partition coefficient (Wildman–Crippen LogP) is 1.96. The molecule has 4 nitrogen and oxygen atoms in total. The second-order valence-corrected chi connectivity index (χ2v) is 6.72. The molecule has 1 aromatic rings. The molecule has 0 saturated heterocycles. The van der Waals surface area contributed by atoms with Crippen LogP contribution in [0.25, 0.3) is 0 Å². The Morgan fingerprint density at radius 3 is 2.58 bits per heavy atom. The van der Waals surface area contributed by atoms with Crippen molar-refractivity contribution in [2.24, 2.45) is 0 Å². The molecule has 0 heterocycles. The van der Waals surface area contributed by atoms with Crippen molar-refractivity contribution in [1.29, 1.82) is 0 Å². The van der Waals surface area contributed by atoms with Gasteiger partial charge in [-0.2, -0.15) is 0 Å². The summed E-state index contributed by atoms with van der Waals surface area (Å²) in [5, 5.41) is 9.95. The topological polar surface area (TPSA) is 66.4 Å². The lowest BCUT2D eigenvalue weighted by atomic mass is 10.0. The first-order valence-corrected chi connectivity index (χ1v) is 7.64. The average Bonchev–Trinajstić information content (AvgIpc) is 2.26. The van der Waals surface area contributed by atoms with Gasteiger partial charge in [0, 0.05) is 6.54 Å². The molecule has 0 saturated carbocycles. The third kappa shape index (κ3) is 4.56. The number of halogens is 1. The second kappa shape index (κ2) is 5.98. The molecule has 0 radical (unpaired) electrons. The third-order valence-corrected chi connectivity index (χ3v) is 4.42. The van der Waals surface area contributed by atoms with Crippen LogP contribution < -0.4 is 4.72 Å². The molecule has 0 spiro atoms. The maximum Gasteiger partial charge on any atom is 0.240 e. The molecule has 0 aliphatic heterocycles. The highest BCUT2D eigenvalue weighted by atomic mass is 32.2. The SMILES string of the molecule is CCCC(C)(O)CNS(=O)(=O)c1ccc(F)cc1C.